The van der Waals surface area contributed by atoms with Crippen LogP contribution < -0.4 is 0 Å². The first-order valence-electron chi connectivity index (χ1n) is 6.96. The summed E-state index contributed by atoms with van der Waals surface area (Å²) in [6.45, 7) is 1.71. The maximum atomic E-state index is 14.3. The number of hydrogen-bond donors (Lipinski definition) is 0. The molecule has 24 heavy (non-hydrogen) atoms. The van der Waals surface area contributed by atoms with Gasteiger partial charge in [-0.2, -0.15) is 4.39 Å². The van der Waals surface area contributed by atoms with Crippen LogP contribution in [0.2, 0.25) is 0 Å². The van der Waals surface area contributed by atoms with Gasteiger partial charge in [-0.15, -0.1) is 0 Å². The number of non-ortho nitro benzene ring substituents is 2. The third kappa shape index (κ3) is 3.72. The maximum absolute atomic E-state index is 14.3. The molecule has 0 radical (unpaired) electrons. The van der Waals surface area contributed by atoms with Gasteiger partial charge in [-0.3, -0.25) is 20.2 Å². The average Bonchev–Trinajstić information content (AvgIpc) is 2.56. The second-order valence-electron chi connectivity index (χ2n) is 4.69. The van der Waals surface area contributed by atoms with Crippen molar-refractivity contribution in [1.82, 2.24) is 0 Å². The molecule has 0 spiro atoms. The molecule has 2 rings (SSSR count). The van der Waals surface area contributed by atoms with Crippen molar-refractivity contribution >= 4 is 16.9 Å². The first-order chi connectivity index (χ1) is 11.4. The lowest BCUT2D eigenvalue weighted by molar-refractivity contribution is -0.385. The molecule has 0 saturated carbocycles. The molecule has 0 saturated heterocycles. The summed E-state index contributed by atoms with van der Waals surface area (Å²) in [6.07, 6.45) is 0. The van der Waals surface area contributed by atoms with Crippen LogP contribution in [-0.4, -0.2) is 16.5 Å². The number of rotatable bonds is 6. The molecule has 0 aliphatic rings. The van der Waals surface area contributed by atoms with Gasteiger partial charge in [0.05, 0.1) is 22.0 Å². The number of halogens is 1. The minimum atomic E-state index is -0.861. The van der Waals surface area contributed by atoms with Crippen molar-refractivity contribution < 1.29 is 19.0 Å². The fourth-order valence-electron chi connectivity index (χ4n) is 2.09. The lowest BCUT2D eigenvalue weighted by Crippen LogP contribution is -1.97. The highest BCUT2D eigenvalue weighted by Gasteiger charge is 2.16. The summed E-state index contributed by atoms with van der Waals surface area (Å²) in [4.78, 5) is 20.3. The number of hydrogen-bond acceptors (Lipinski definition) is 5. The highest BCUT2D eigenvalue weighted by atomic mass is 19.1. The van der Waals surface area contributed by atoms with E-state index in [-0.39, 0.29) is 23.6 Å². The first-order valence-corrected chi connectivity index (χ1v) is 6.96. The number of nitro benzene ring substituents is 2. The zero-order chi connectivity index (χ0) is 17.7. The third-order valence-corrected chi connectivity index (χ3v) is 3.20. The van der Waals surface area contributed by atoms with Crippen molar-refractivity contribution in [3.05, 3.63) is 85.9 Å². The predicted molar refractivity (Wildman–Crippen MR) is 84.9 cm³/mol. The Morgan fingerprint density at radius 3 is 1.58 bits per heavy atom. The molecular weight excluding hydrogens is 319 g/mol. The molecule has 0 aliphatic carbocycles. The third-order valence-electron chi connectivity index (χ3n) is 3.20. The largest absolute Gasteiger partial charge is 0.471 e. The Hall–Kier alpha value is -3.29. The SMILES string of the molecule is CCOC(F)=C(c1ccc([N+](=O)[O-])cc1)c1ccc([N+](=O)[O-])cc1. The molecule has 0 fully saturated rings. The molecule has 7 nitrogen and oxygen atoms in total. The molecule has 0 unspecified atom stereocenters. The van der Waals surface area contributed by atoms with Crippen molar-refractivity contribution in [2.24, 2.45) is 0 Å². The van der Waals surface area contributed by atoms with Crippen LogP contribution in [0.3, 0.4) is 0 Å². The molecule has 0 atom stereocenters. The van der Waals surface area contributed by atoms with Crippen molar-refractivity contribution in [2.45, 2.75) is 6.92 Å². The van der Waals surface area contributed by atoms with E-state index in [1.54, 1.807) is 6.92 Å². The molecular formula is C16H13FN2O5. The molecule has 124 valence electrons. The van der Waals surface area contributed by atoms with Crippen molar-refractivity contribution in [2.75, 3.05) is 6.61 Å². The normalized spacial score (nSPS) is 10.1. The summed E-state index contributed by atoms with van der Waals surface area (Å²) >= 11 is 0. The van der Waals surface area contributed by atoms with Crippen molar-refractivity contribution in [3.8, 4) is 0 Å². The van der Waals surface area contributed by atoms with Gasteiger partial charge in [0.15, 0.2) is 0 Å². The summed E-state index contributed by atoms with van der Waals surface area (Å²) < 4.78 is 19.3. The fourth-order valence-corrected chi connectivity index (χ4v) is 2.09. The van der Waals surface area contributed by atoms with E-state index in [4.69, 9.17) is 4.74 Å². The Bertz CT molecular complexity index is 726. The van der Waals surface area contributed by atoms with Crippen LogP contribution in [0.15, 0.2) is 54.5 Å². The van der Waals surface area contributed by atoms with E-state index in [1.807, 2.05) is 0 Å². The summed E-state index contributed by atoms with van der Waals surface area (Å²) in [5, 5.41) is 21.4. The lowest BCUT2D eigenvalue weighted by Gasteiger charge is -2.10. The summed E-state index contributed by atoms with van der Waals surface area (Å²) in [6, 6.07) is 9.72. The Labute approximate surface area is 136 Å². The second kappa shape index (κ2) is 7.32. The van der Waals surface area contributed by atoms with Gasteiger partial charge in [-0.25, -0.2) is 0 Å². The Morgan fingerprint density at radius 1 is 0.917 bits per heavy atom. The molecule has 0 N–H and O–H groups in total. The minimum absolute atomic E-state index is 0.0710. The van der Waals surface area contributed by atoms with Gasteiger partial charge in [0, 0.05) is 24.3 Å². The quantitative estimate of drug-likeness (QED) is 0.448. The lowest BCUT2D eigenvalue weighted by atomic mass is 9.98. The Balaban J connectivity index is 2.51. The van der Waals surface area contributed by atoms with Gasteiger partial charge >= 0.3 is 0 Å². The molecule has 0 bridgehead atoms. The van der Waals surface area contributed by atoms with E-state index in [0.29, 0.717) is 11.1 Å². The predicted octanol–water partition coefficient (Wildman–Crippen LogP) is 4.23. The number of nitrogens with zero attached hydrogens (tertiary/aromatic N) is 2. The highest BCUT2D eigenvalue weighted by Crippen LogP contribution is 2.30. The summed E-state index contributed by atoms with van der Waals surface area (Å²) in [5.74, 6) is 0. The molecule has 0 aliphatic heterocycles. The van der Waals surface area contributed by atoms with Crippen LogP contribution >= 0.6 is 0 Å². The van der Waals surface area contributed by atoms with Gasteiger partial charge < -0.3 is 4.74 Å². The molecule has 0 amide bonds. The van der Waals surface area contributed by atoms with Crippen molar-refractivity contribution in [1.29, 1.82) is 0 Å². The van der Waals surface area contributed by atoms with Crippen molar-refractivity contribution in [3.63, 3.8) is 0 Å². The monoisotopic (exact) mass is 332 g/mol. The number of benzene rings is 2. The minimum Gasteiger partial charge on any atom is -0.471 e. The van der Waals surface area contributed by atoms with Gasteiger partial charge in [0.1, 0.15) is 0 Å². The van der Waals surface area contributed by atoms with E-state index < -0.39 is 15.9 Å². The smallest absolute Gasteiger partial charge is 0.281 e. The molecule has 0 aromatic heterocycles. The van der Waals surface area contributed by atoms with Crippen LogP contribution in [0.25, 0.3) is 5.57 Å². The van der Waals surface area contributed by atoms with E-state index in [1.165, 1.54) is 48.5 Å². The Kier molecular flexibility index (Phi) is 5.20. The first kappa shape index (κ1) is 17.1. The van der Waals surface area contributed by atoms with E-state index in [2.05, 4.69) is 0 Å². The summed E-state index contributed by atoms with van der Waals surface area (Å²) in [5.41, 5.74) is 0.541. The van der Waals surface area contributed by atoms with Gasteiger partial charge in [0.2, 0.25) is 0 Å². The zero-order valence-electron chi connectivity index (χ0n) is 12.6. The van der Waals surface area contributed by atoms with E-state index in [9.17, 15) is 24.6 Å². The topological polar surface area (TPSA) is 95.5 Å². The van der Waals surface area contributed by atoms with Crippen LogP contribution in [-0.2, 0) is 4.74 Å². The highest BCUT2D eigenvalue weighted by molar-refractivity contribution is 5.81. The second-order valence-corrected chi connectivity index (χ2v) is 4.69. The van der Waals surface area contributed by atoms with Gasteiger partial charge in [0.25, 0.3) is 17.4 Å². The number of ether oxygens (including phenoxy) is 1. The zero-order valence-corrected chi connectivity index (χ0v) is 12.6. The average molecular weight is 332 g/mol. The molecule has 0 heterocycles. The van der Waals surface area contributed by atoms with Gasteiger partial charge in [-0.1, -0.05) is 0 Å². The Morgan fingerprint density at radius 2 is 1.29 bits per heavy atom. The van der Waals surface area contributed by atoms with E-state index >= 15 is 0 Å². The molecule has 8 heteroatoms. The van der Waals surface area contributed by atoms with Crippen LogP contribution in [0.1, 0.15) is 18.1 Å². The van der Waals surface area contributed by atoms with Gasteiger partial charge in [-0.05, 0) is 42.3 Å². The number of nitro groups is 2. The fraction of sp³-hybridized carbons (Fsp3) is 0.125. The molecule has 2 aromatic rings. The van der Waals surface area contributed by atoms with Crippen LogP contribution in [0.4, 0.5) is 15.8 Å². The van der Waals surface area contributed by atoms with Crippen LogP contribution in [0.5, 0.6) is 0 Å². The van der Waals surface area contributed by atoms with Crippen LogP contribution in [0, 0.1) is 20.2 Å². The maximum Gasteiger partial charge on any atom is 0.281 e. The molecule has 2 aromatic carbocycles. The van der Waals surface area contributed by atoms with E-state index in [0.717, 1.165) is 0 Å². The summed E-state index contributed by atoms with van der Waals surface area (Å²) in [7, 11) is 0. The standard InChI is InChI=1S/C16H13FN2O5/c1-2-24-16(17)15(11-3-7-13(8-4-11)18(20)21)12-5-9-14(10-6-12)19(22)23/h3-10H,2H2,1H3.